The van der Waals surface area contributed by atoms with Gasteiger partial charge < -0.3 is 15.6 Å². The number of hydrogen-bond donors (Lipinski definition) is 3. The average Bonchev–Trinajstić information content (AvgIpc) is 3.28. The van der Waals surface area contributed by atoms with Crippen molar-refractivity contribution in [3.8, 4) is 0 Å². The Morgan fingerprint density at radius 3 is 2.79 bits per heavy atom. The van der Waals surface area contributed by atoms with Gasteiger partial charge in [0.05, 0.1) is 11.3 Å². The fourth-order valence-electron chi connectivity index (χ4n) is 3.07. The number of halogens is 3. The van der Waals surface area contributed by atoms with E-state index >= 15 is 0 Å². The first kappa shape index (κ1) is 15.5. The molecule has 0 bridgehead atoms. The van der Waals surface area contributed by atoms with E-state index in [4.69, 9.17) is 0 Å². The van der Waals surface area contributed by atoms with Crippen molar-refractivity contribution >= 4 is 22.3 Å². The maximum atomic E-state index is 13.4. The third-order valence-electron chi connectivity index (χ3n) is 4.60. The number of aromatic amines is 1. The molecule has 2 aromatic rings. The lowest BCUT2D eigenvalue weighted by molar-refractivity contribution is -0.137. The minimum atomic E-state index is -4.42. The second-order valence-electron chi connectivity index (χ2n) is 6.51. The van der Waals surface area contributed by atoms with Gasteiger partial charge in [-0.1, -0.05) is 6.08 Å². The second kappa shape index (κ2) is 5.81. The number of hydrogen-bond acceptors (Lipinski definition) is 3. The van der Waals surface area contributed by atoms with E-state index in [0.717, 1.165) is 43.3 Å². The van der Waals surface area contributed by atoms with E-state index in [-0.39, 0.29) is 5.69 Å². The van der Waals surface area contributed by atoms with Gasteiger partial charge in [-0.25, -0.2) is 4.98 Å². The van der Waals surface area contributed by atoms with Gasteiger partial charge in [0.2, 0.25) is 0 Å². The highest BCUT2D eigenvalue weighted by molar-refractivity contribution is 5.94. The molecule has 3 N–H and O–H groups in total. The van der Waals surface area contributed by atoms with Crippen LogP contribution in [-0.2, 0) is 6.18 Å². The predicted octanol–water partition coefficient (Wildman–Crippen LogP) is 3.78. The molecule has 24 heavy (non-hydrogen) atoms. The number of alkyl halides is 3. The normalized spacial score (nSPS) is 18.7. The van der Waals surface area contributed by atoms with Gasteiger partial charge in [-0.2, -0.15) is 13.2 Å². The van der Waals surface area contributed by atoms with E-state index in [1.54, 1.807) is 6.07 Å². The highest BCUT2D eigenvalue weighted by Crippen LogP contribution is 2.40. The Balaban J connectivity index is 1.78. The smallest absolute Gasteiger partial charge is 0.384 e. The maximum Gasteiger partial charge on any atom is 0.419 e. The van der Waals surface area contributed by atoms with Crippen LogP contribution in [0, 0.1) is 5.92 Å². The van der Waals surface area contributed by atoms with Crippen molar-refractivity contribution in [3.05, 3.63) is 29.6 Å². The number of aromatic nitrogens is 2. The molecule has 1 fully saturated rings. The topological polar surface area (TPSA) is 52.7 Å². The summed E-state index contributed by atoms with van der Waals surface area (Å²) in [5.41, 5.74) is 1.84. The Morgan fingerprint density at radius 1 is 1.29 bits per heavy atom. The van der Waals surface area contributed by atoms with Gasteiger partial charge in [0.15, 0.2) is 0 Å². The number of nitrogens with zero attached hydrogens (tertiary/aromatic N) is 1. The summed E-state index contributed by atoms with van der Waals surface area (Å²) in [6.45, 7) is 2.21. The first-order valence-corrected chi connectivity index (χ1v) is 8.25. The van der Waals surface area contributed by atoms with Crippen molar-refractivity contribution in [1.82, 2.24) is 15.3 Å². The van der Waals surface area contributed by atoms with Gasteiger partial charge in [-0.15, -0.1) is 0 Å². The highest BCUT2D eigenvalue weighted by Gasteiger charge is 2.36. The first-order chi connectivity index (χ1) is 11.5. The zero-order valence-corrected chi connectivity index (χ0v) is 13.1. The molecule has 4 nitrogen and oxygen atoms in total. The Kier molecular flexibility index (Phi) is 3.75. The molecule has 1 aliphatic carbocycles. The van der Waals surface area contributed by atoms with Crippen LogP contribution in [0.2, 0.25) is 0 Å². The van der Waals surface area contributed by atoms with Crippen LogP contribution in [0.3, 0.4) is 0 Å². The van der Waals surface area contributed by atoms with Crippen LogP contribution in [-0.4, -0.2) is 29.6 Å². The Morgan fingerprint density at radius 2 is 2.12 bits per heavy atom. The van der Waals surface area contributed by atoms with Crippen molar-refractivity contribution in [2.45, 2.75) is 25.4 Å². The van der Waals surface area contributed by atoms with Crippen LogP contribution in [0.1, 0.15) is 30.5 Å². The van der Waals surface area contributed by atoms with Crippen LogP contribution in [0.4, 0.5) is 18.9 Å². The van der Waals surface area contributed by atoms with Crippen molar-refractivity contribution in [1.29, 1.82) is 0 Å². The fraction of sp³-hybridized carbons (Fsp3) is 0.471. The number of nitrogens with one attached hydrogen (secondary N) is 3. The summed E-state index contributed by atoms with van der Waals surface area (Å²) in [7, 11) is 0. The van der Waals surface area contributed by atoms with Crippen LogP contribution in [0.25, 0.3) is 16.6 Å². The zero-order chi connectivity index (χ0) is 16.7. The van der Waals surface area contributed by atoms with Gasteiger partial charge in [-0.05, 0) is 43.4 Å². The molecule has 0 atom stereocenters. The van der Waals surface area contributed by atoms with Crippen molar-refractivity contribution in [3.63, 3.8) is 0 Å². The van der Waals surface area contributed by atoms with Gasteiger partial charge in [0.25, 0.3) is 0 Å². The van der Waals surface area contributed by atoms with Crippen LogP contribution in [0.15, 0.2) is 18.3 Å². The summed E-state index contributed by atoms with van der Waals surface area (Å²) in [4.78, 5) is 7.16. The van der Waals surface area contributed by atoms with Crippen LogP contribution < -0.4 is 10.6 Å². The average molecular weight is 336 g/mol. The van der Waals surface area contributed by atoms with E-state index in [1.807, 2.05) is 0 Å². The molecule has 2 aliphatic rings. The summed E-state index contributed by atoms with van der Waals surface area (Å²) >= 11 is 0. The monoisotopic (exact) mass is 336 g/mol. The molecule has 128 valence electrons. The predicted molar refractivity (Wildman–Crippen MR) is 87.8 cm³/mol. The number of H-pyrrole nitrogens is 1. The van der Waals surface area contributed by atoms with Crippen LogP contribution in [0.5, 0.6) is 0 Å². The Bertz CT molecular complexity index is 787. The summed E-state index contributed by atoms with van der Waals surface area (Å²) in [6.07, 6.45) is 1.70. The SMILES string of the molecule is FC(F)(F)c1cnc2[nH]c(C3=CCCNC3)cc2c1NCC1CC1. The molecule has 4 rings (SSSR count). The van der Waals surface area contributed by atoms with Crippen molar-refractivity contribution in [2.24, 2.45) is 5.92 Å². The number of pyridine rings is 1. The first-order valence-electron chi connectivity index (χ1n) is 8.25. The lowest BCUT2D eigenvalue weighted by Crippen LogP contribution is -2.21. The molecule has 0 aromatic carbocycles. The van der Waals surface area contributed by atoms with E-state index in [0.29, 0.717) is 30.0 Å². The summed E-state index contributed by atoms with van der Waals surface area (Å²) < 4.78 is 40.1. The van der Waals surface area contributed by atoms with E-state index in [2.05, 4.69) is 26.7 Å². The molecule has 7 heteroatoms. The number of anilines is 1. The molecule has 0 spiro atoms. The molecule has 0 radical (unpaired) electrons. The van der Waals surface area contributed by atoms with Gasteiger partial charge in [0.1, 0.15) is 5.65 Å². The molecule has 0 saturated heterocycles. The molecular formula is C17H19F3N4. The van der Waals surface area contributed by atoms with E-state index < -0.39 is 11.7 Å². The molecule has 1 aliphatic heterocycles. The van der Waals surface area contributed by atoms with E-state index in [9.17, 15) is 13.2 Å². The number of rotatable bonds is 4. The third-order valence-corrected chi connectivity index (χ3v) is 4.60. The Hall–Kier alpha value is -2.02. The molecular weight excluding hydrogens is 317 g/mol. The minimum absolute atomic E-state index is 0.145. The van der Waals surface area contributed by atoms with Crippen molar-refractivity contribution < 1.29 is 13.2 Å². The third kappa shape index (κ3) is 3.00. The fourth-order valence-corrected chi connectivity index (χ4v) is 3.07. The lowest BCUT2D eigenvalue weighted by Gasteiger charge is -2.15. The Labute approximate surface area is 137 Å². The molecule has 2 aromatic heterocycles. The lowest BCUT2D eigenvalue weighted by atomic mass is 10.1. The van der Waals surface area contributed by atoms with Gasteiger partial charge in [-0.3, -0.25) is 0 Å². The summed E-state index contributed by atoms with van der Waals surface area (Å²) in [6, 6.07) is 1.78. The standard InChI is InChI=1S/C17H19F3N4/c18-17(19,20)13-9-23-16-12(15(13)22-7-10-3-4-10)6-14(24-16)11-2-1-5-21-8-11/h2,6,9-10,21H,1,3-5,7-8H2,(H2,22,23,24). The minimum Gasteiger partial charge on any atom is -0.384 e. The molecule has 1 saturated carbocycles. The molecule has 0 unspecified atom stereocenters. The largest absolute Gasteiger partial charge is 0.419 e. The van der Waals surface area contributed by atoms with Crippen LogP contribution >= 0.6 is 0 Å². The summed E-state index contributed by atoms with van der Waals surface area (Å²) in [5.74, 6) is 0.484. The summed E-state index contributed by atoms with van der Waals surface area (Å²) in [5, 5.41) is 6.80. The zero-order valence-electron chi connectivity index (χ0n) is 13.1. The van der Waals surface area contributed by atoms with Gasteiger partial charge in [0, 0.05) is 30.4 Å². The number of fused-ring (bicyclic) bond motifs is 1. The maximum absolute atomic E-state index is 13.4. The molecule has 3 heterocycles. The van der Waals surface area contributed by atoms with E-state index in [1.165, 1.54) is 0 Å². The second-order valence-corrected chi connectivity index (χ2v) is 6.51. The quantitative estimate of drug-likeness (QED) is 0.796. The van der Waals surface area contributed by atoms with Gasteiger partial charge >= 0.3 is 6.18 Å². The highest BCUT2D eigenvalue weighted by atomic mass is 19.4. The van der Waals surface area contributed by atoms with Crippen molar-refractivity contribution in [2.75, 3.05) is 25.0 Å². The molecule has 0 amide bonds.